The van der Waals surface area contributed by atoms with Gasteiger partial charge in [-0.25, -0.2) is 0 Å². The van der Waals surface area contributed by atoms with Gasteiger partial charge in [-0.1, -0.05) is 13.8 Å². The molecule has 3 aliphatic rings. The van der Waals surface area contributed by atoms with Crippen molar-refractivity contribution in [3.63, 3.8) is 0 Å². The molecule has 0 saturated heterocycles. The minimum Gasteiger partial charge on any atom is -0.0619 e. The first-order valence-corrected chi connectivity index (χ1v) is 3.78. The van der Waals surface area contributed by atoms with E-state index in [1.54, 1.807) is 6.42 Å². The van der Waals surface area contributed by atoms with Gasteiger partial charge in [-0.15, -0.1) is 0 Å². The molecule has 0 nitrogen and oxygen atoms in total. The second-order valence-corrected chi connectivity index (χ2v) is 4.10. The van der Waals surface area contributed by atoms with Crippen molar-refractivity contribution in [2.75, 3.05) is 0 Å². The van der Waals surface area contributed by atoms with Crippen LogP contribution in [0.15, 0.2) is 0 Å². The summed E-state index contributed by atoms with van der Waals surface area (Å²) in [5, 5.41) is 0. The molecule has 0 heteroatoms. The standard InChI is InChI=1S/C8H12/c1-4-5(2)8-3-6(8)7(4)8/h4-7H,3H2,1-2H3. The molecule has 3 aliphatic carbocycles. The first-order chi connectivity index (χ1) is 3.78. The zero-order valence-corrected chi connectivity index (χ0v) is 5.52. The summed E-state index contributed by atoms with van der Waals surface area (Å²) < 4.78 is 0. The first kappa shape index (κ1) is 3.92. The van der Waals surface area contributed by atoms with Crippen LogP contribution in [0.1, 0.15) is 20.3 Å². The molecule has 0 aliphatic heterocycles. The summed E-state index contributed by atoms with van der Waals surface area (Å²) in [6.07, 6.45) is 1.60. The third kappa shape index (κ3) is 0.156. The lowest BCUT2D eigenvalue weighted by Crippen LogP contribution is -2.33. The van der Waals surface area contributed by atoms with Crippen LogP contribution in [0.5, 0.6) is 0 Å². The van der Waals surface area contributed by atoms with E-state index >= 15 is 0 Å². The Morgan fingerprint density at radius 3 is 2.25 bits per heavy atom. The highest BCUT2D eigenvalue weighted by molar-refractivity contribution is 5.36. The maximum atomic E-state index is 2.44. The number of fused-ring (bicyclic) bond motifs is 1. The minimum absolute atomic E-state index is 0.986. The van der Waals surface area contributed by atoms with Crippen LogP contribution in [0, 0.1) is 29.1 Å². The Balaban J connectivity index is 1.99. The van der Waals surface area contributed by atoms with Crippen LogP contribution in [-0.2, 0) is 0 Å². The summed E-state index contributed by atoms with van der Waals surface area (Å²) >= 11 is 0. The summed E-state index contributed by atoms with van der Waals surface area (Å²) in [5.74, 6) is 4.64. The second-order valence-electron chi connectivity index (χ2n) is 4.10. The molecule has 5 atom stereocenters. The molecule has 0 aromatic carbocycles. The number of hydrogen-bond donors (Lipinski definition) is 0. The monoisotopic (exact) mass is 108 g/mol. The van der Waals surface area contributed by atoms with Gasteiger partial charge in [0.15, 0.2) is 0 Å². The van der Waals surface area contributed by atoms with Gasteiger partial charge in [0.25, 0.3) is 0 Å². The fraction of sp³-hybridized carbons (Fsp3) is 1.00. The summed E-state index contributed by atoms with van der Waals surface area (Å²) in [4.78, 5) is 0. The van der Waals surface area contributed by atoms with Crippen LogP contribution in [0.3, 0.4) is 0 Å². The third-order valence-corrected chi connectivity index (χ3v) is 4.25. The van der Waals surface area contributed by atoms with Crippen molar-refractivity contribution in [2.45, 2.75) is 20.3 Å². The van der Waals surface area contributed by atoms with Crippen molar-refractivity contribution in [2.24, 2.45) is 29.1 Å². The highest BCUT2D eigenvalue weighted by Gasteiger charge is 2.88. The van der Waals surface area contributed by atoms with Gasteiger partial charge < -0.3 is 0 Å². The molecule has 1 spiro atoms. The van der Waals surface area contributed by atoms with Crippen molar-refractivity contribution in [3.8, 4) is 0 Å². The Hall–Kier alpha value is 0. The van der Waals surface area contributed by atoms with E-state index in [2.05, 4.69) is 13.8 Å². The lowest BCUT2D eigenvalue weighted by Gasteiger charge is -2.38. The van der Waals surface area contributed by atoms with Crippen molar-refractivity contribution in [1.29, 1.82) is 0 Å². The summed E-state index contributed by atoms with van der Waals surface area (Å²) in [5.41, 5.74) is 0.986. The minimum atomic E-state index is 0.986. The van der Waals surface area contributed by atoms with Crippen LogP contribution < -0.4 is 0 Å². The van der Waals surface area contributed by atoms with Crippen LogP contribution in [0.4, 0.5) is 0 Å². The van der Waals surface area contributed by atoms with E-state index in [0.717, 1.165) is 17.3 Å². The van der Waals surface area contributed by atoms with E-state index in [0.29, 0.717) is 0 Å². The third-order valence-electron chi connectivity index (χ3n) is 4.25. The predicted molar refractivity (Wildman–Crippen MR) is 32.4 cm³/mol. The Morgan fingerprint density at radius 2 is 2.12 bits per heavy atom. The Kier molecular flexibility index (Phi) is 0.342. The molecule has 0 amide bonds. The van der Waals surface area contributed by atoms with Crippen molar-refractivity contribution in [3.05, 3.63) is 0 Å². The molecular weight excluding hydrogens is 96.1 g/mol. The Bertz CT molecular complexity index is 161. The fourth-order valence-corrected chi connectivity index (χ4v) is 3.36. The van der Waals surface area contributed by atoms with E-state index in [1.807, 2.05) is 0 Å². The summed E-state index contributed by atoms with van der Waals surface area (Å²) in [6.45, 7) is 4.86. The average Bonchev–Trinajstić information content (AvgIpc) is 2.47. The normalized spacial score (nSPS) is 81.8. The predicted octanol–water partition coefficient (Wildman–Crippen LogP) is 1.91. The molecule has 8 heavy (non-hydrogen) atoms. The quantitative estimate of drug-likeness (QED) is 0.444. The van der Waals surface area contributed by atoms with Crippen molar-refractivity contribution in [1.82, 2.24) is 0 Å². The van der Waals surface area contributed by atoms with E-state index < -0.39 is 0 Å². The highest BCUT2D eigenvalue weighted by atomic mass is 14.9. The van der Waals surface area contributed by atoms with Crippen LogP contribution in [0.25, 0.3) is 0 Å². The molecule has 3 rings (SSSR count). The maximum Gasteiger partial charge on any atom is -0.0201 e. The zero-order valence-electron chi connectivity index (χ0n) is 5.52. The molecule has 5 unspecified atom stereocenters. The van der Waals surface area contributed by atoms with Crippen LogP contribution >= 0.6 is 0 Å². The Morgan fingerprint density at radius 1 is 1.38 bits per heavy atom. The molecule has 0 aromatic heterocycles. The molecule has 0 radical (unpaired) electrons. The SMILES string of the molecule is CC1C(C)C23CC2C13. The summed E-state index contributed by atoms with van der Waals surface area (Å²) in [6, 6.07) is 0. The van der Waals surface area contributed by atoms with E-state index in [-0.39, 0.29) is 0 Å². The molecule has 3 saturated carbocycles. The van der Waals surface area contributed by atoms with Gasteiger partial charge in [0, 0.05) is 0 Å². The topological polar surface area (TPSA) is 0 Å². The van der Waals surface area contributed by atoms with Gasteiger partial charge in [0.05, 0.1) is 0 Å². The number of hydrogen-bond acceptors (Lipinski definition) is 0. The van der Waals surface area contributed by atoms with Gasteiger partial charge in [-0.05, 0) is 35.5 Å². The Labute approximate surface area is 50.3 Å². The fourth-order valence-electron chi connectivity index (χ4n) is 3.36. The van der Waals surface area contributed by atoms with E-state index in [1.165, 1.54) is 11.8 Å². The smallest absolute Gasteiger partial charge is 0.0201 e. The van der Waals surface area contributed by atoms with E-state index in [4.69, 9.17) is 0 Å². The molecule has 0 heterocycles. The van der Waals surface area contributed by atoms with Crippen LogP contribution in [0.2, 0.25) is 0 Å². The van der Waals surface area contributed by atoms with Gasteiger partial charge in [-0.3, -0.25) is 0 Å². The first-order valence-electron chi connectivity index (χ1n) is 3.78. The van der Waals surface area contributed by atoms with Gasteiger partial charge in [0.2, 0.25) is 0 Å². The molecule has 44 valence electrons. The van der Waals surface area contributed by atoms with Crippen molar-refractivity contribution < 1.29 is 0 Å². The highest BCUT2D eigenvalue weighted by Crippen LogP contribution is 2.93. The van der Waals surface area contributed by atoms with Gasteiger partial charge in [0.1, 0.15) is 0 Å². The van der Waals surface area contributed by atoms with Gasteiger partial charge in [-0.2, -0.15) is 0 Å². The molecule has 0 bridgehead atoms. The molecule has 3 fully saturated rings. The molecular formula is C8H12. The van der Waals surface area contributed by atoms with Gasteiger partial charge >= 0.3 is 0 Å². The number of rotatable bonds is 0. The second kappa shape index (κ2) is 0.698. The summed E-state index contributed by atoms with van der Waals surface area (Å²) in [7, 11) is 0. The maximum absolute atomic E-state index is 2.44. The largest absolute Gasteiger partial charge is 0.0619 e. The van der Waals surface area contributed by atoms with E-state index in [9.17, 15) is 0 Å². The lowest BCUT2D eigenvalue weighted by atomic mass is 9.67. The average molecular weight is 108 g/mol. The molecule has 0 N–H and O–H groups in total. The molecule has 0 aromatic rings. The van der Waals surface area contributed by atoms with Crippen LogP contribution in [-0.4, -0.2) is 0 Å². The zero-order chi connectivity index (χ0) is 5.52. The lowest BCUT2D eigenvalue weighted by molar-refractivity contribution is 0.0968. The van der Waals surface area contributed by atoms with Crippen molar-refractivity contribution >= 4 is 0 Å².